The summed E-state index contributed by atoms with van der Waals surface area (Å²) in [6.07, 6.45) is 1.66. The summed E-state index contributed by atoms with van der Waals surface area (Å²) in [7, 11) is 0. The highest BCUT2D eigenvalue weighted by Gasteiger charge is 2.10. The van der Waals surface area contributed by atoms with E-state index in [2.05, 4.69) is 15.1 Å². The van der Waals surface area contributed by atoms with E-state index in [1.54, 1.807) is 16.8 Å². The Labute approximate surface area is 119 Å². The molecule has 3 aromatic rings. The number of alkyl halides is 2. The zero-order valence-corrected chi connectivity index (χ0v) is 11.2. The number of nitrogen functional groups attached to an aromatic ring is 1. The lowest BCUT2D eigenvalue weighted by Crippen LogP contribution is -1.98. The van der Waals surface area contributed by atoms with E-state index in [9.17, 15) is 0 Å². The maximum Gasteiger partial charge on any atom is 0.240 e. The molecule has 19 heavy (non-hydrogen) atoms. The molecule has 0 amide bonds. The lowest BCUT2D eigenvalue weighted by Gasteiger charge is -2.06. The molecule has 0 aliphatic heterocycles. The number of halogens is 2. The molecule has 0 aliphatic rings. The van der Waals surface area contributed by atoms with Crippen molar-refractivity contribution in [2.24, 2.45) is 0 Å². The molecule has 0 bridgehead atoms. The quantitative estimate of drug-likeness (QED) is 0.738. The van der Waals surface area contributed by atoms with Gasteiger partial charge in [0.05, 0.1) is 0 Å². The molecule has 0 unspecified atom stereocenters. The third-order valence-electron chi connectivity index (χ3n) is 2.67. The number of rotatable bonds is 2. The zero-order chi connectivity index (χ0) is 13.4. The van der Waals surface area contributed by atoms with Gasteiger partial charge in [-0.15, -0.1) is 28.3 Å². The molecule has 0 spiro atoms. The maximum atomic E-state index is 5.88. The fourth-order valence-electron chi connectivity index (χ4n) is 1.84. The standard InChI is InChI=1S/C12H9Cl2N5/c13-10(14)7-2-1-3-8(6-7)11-16-5-4-9-17-12(15)18-19(9)11/h1-6,10H,(H2,15,18). The Kier molecular flexibility index (Phi) is 3.00. The topological polar surface area (TPSA) is 69.1 Å². The molecule has 96 valence electrons. The van der Waals surface area contributed by atoms with Crippen molar-refractivity contribution in [2.45, 2.75) is 4.84 Å². The van der Waals surface area contributed by atoms with Crippen LogP contribution in [0.4, 0.5) is 5.95 Å². The molecule has 0 saturated heterocycles. The van der Waals surface area contributed by atoms with Crippen LogP contribution in [0.2, 0.25) is 0 Å². The first-order valence-corrected chi connectivity index (χ1v) is 6.38. The van der Waals surface area contributed by atoms with Gasteiger partial charge in [-0.3, -0.25) is 0 Å². The number of nitrogens with two attached hydrogens (primary N) is 1. The van der Waals surface area contributed by atoms with E-state index in [-0.39, 0.29) is 5.95 Å². The normalized spacial score (nSPS) is 11.3. The van der Waals surface area contributed by atoms with E-state index in [1.165, 1.54) is 0 Å². The number of benzene rings is 1. The molecular weight excluding hydrogens is 285 g/mol. The van der Waals surface area contributed by atoms with Gasteiger partial charge in [0.2, 0.25) is 5.95 Å². The predicted octanol–water partition coefficient (Wildman–Crippen LogP) is 2.85. The fraction of sp³-hybridized carbons (Fsp3) is 0.0833. The second kappa shape index (κ2) is 4.68. The first-order valence-electron chi connectivity index (χ1n) is 5.51. The Balaban J connectivity index is 2.21. The minimum Gasteiger partial charge on any atom is -0.366 e. The predicted molar refractivity (Wildman–Crippen MR) is 75.1 cm³/mol. The SMILES string of the molecule is Nc1nc2ccnc(-c3cccc(C(Cl)Cl)c3)n2n1. The summed E-state index contributed by atoms with van der Waals surface area (Å²) in [4.78, 5) is 7.82. The van der Waals surface area contributed by atoms with Crippen molar-refractivity contribution in [3.8, 4) is 11.4 Å². The lowest BCUT2D eigenvalue weighted by atomic mass is 10.1. The largest absolute Gasteiger partial charge is 0.366 e. The average Bonchev–Trinajstić information content (AvgIpc) is 2.78. The minimum atomic E-state index is -0.583. The second-order valence-electron chi connectivity index (χ2n) is 3.93. The van der Waals surface area contributed by atoms with Crippen LogP contribution in [0.5, 0.6) is 0 Å². The van der Waals surface area contributed by atoms with Crippen LogP contribution in [0.15, 0.2) is 36.5 Å². The first kappa shape index (κ1) is 12.2. The Bertz CT molecular complexity index is 738. The second-order valence-corrected chi connectivity index (χ2v) is 5.03. The highest BCUT2D eigenvalue weighted by Crippen LogP contribution is 2.28. The molecule has 0 radical (unpaired) electrons. The molecule has 7 heteroatoms. The number of hydrogen-bond donors (Lipinski definition) is 1. The first-order chi connectivity index (χ1) is 9.15. The summed E-state index contributed by atoms with van der Waals surface area (Å²) in [6, 6.07) is 9.22. The summed E-state index contributed by atoms with van der Waals surface area (Å²) in [5.74, 6) is 0.843. The summed E-state index contributed by atoms with van der Waals surface area (Å²) in [6.45, 7) is 0. The molecule has 0 atom stereocenters. The molecule has 5 nitrogen and oxygen atoms in total. The third kappa shape index (κ3) is 2.22. The smallest absolute Gasteiger partial charge is 0.240 e. The van der Waals surface area contributed by atoms with Crippen LogP contribution in [0.3, 0.4) is 0 Å². The van der Waals surface area contributed by atoms with Gasteiger partial charge in [-0.2, -0.15) is 9.50 Å². The average molecular weight is 294 g/mol. The number of fused-ring (bicyclic) bond motifs is 1. The molecule has 1 aromatic carbocycles. The van der Waals surface area contributed by atoms with Crippen LogP contribution >= 0.6 is 23.2 Å². The number of hydrogen-bond acceptors (Lipinski definition) is 4. The lowest BCUT2D eigenvalue weighted by molar-refractivity contribution is 0.938. The van der Waals surface area contributed by atoms with Gasteiger partial charge >= 0.3 is 0 Å². The van der Waals surface area contributed by atoms with Crippen LogP contribution in [-0.4, -0.2) is 19.6 Å². The summed E-state index contributed by atoms with van der Waals surface area (Å²) >= 11 is 11.8. The number of anilines is 1. The number of nitrogens with zero attached hydrogens (tertiary/aromatic N) is 4. The molecule has 2 heterocycles. The van der Waals surface area contributed by atoms with Crippen LogP contribution in [0.25, 0.3) is 17.0 Å². The highest BCUT2D eigenvalue weighted by molar-refractivity contribution is 6.44. The van der Waals surface area contributed by atoms with Gasteiger partial charge in [0, 0.05) is 17.8 Å². The van der Waals surface area contributed by atoms with E-state index in [1.807, 2.05) is 24.3 Å². The van der Waals surface area contributed by atoms with Crippen molar-refractivity contribution in [3.63, 3.8) is 0 Å². The highest BCUT2D eigenvalue weighted by atomic mass is 35.5. The van der Waals surface area contributed by atoms with Gasteiger partial charge in [0.1, 0.15) is 4.84 Å². The van der Waals surface area contributed by atoms with Crippen LogP contribution in [0.1, 0.15) is 10.4 Å². The Morgan fingerprint density at radius 3 is 2.84 bits per heavy atom. The van der Waals surface area contributed by atoms with Gasteiger partial charge in [0.25, 0.3) is 0 Å². The number of aromatic nitrogens is 4. The van der Waals surface area contributed by atoms with Crippen LogP contribution < -0.4 is 5.73 Å². The van der Waals surface area contributed by atoms with Gasteiger partial charge in [-0.1, -0.05) is 18.2 Å². The van der Waals surface area contributed by atoms with Crippen molar-refractivity contribution in [2.75, 3.05) is 5.73 Å². The van der Waals surface area contributed by atoms with Crippen molar-refractivity contribution >= 4 is 34.8 Å². The monoisotopic (exact) mass is 293 g/mol. The van der Waals surface area contributed by atoms with E-state index in [4.69, 9.17) is 28.9 Å². The molecule has 3 rings (SSSR count). The van der Waals surface area contributed by atoms with E-state index >= 15 is 0 Å². The van der Waals surface area contributed by atoms with E-state index in [0.717, 1.165) is 11.1 Å². The van der Waals surface area contributed by atoms with E-state index in [0.29, 0.717) is 11.5 Å². The van der Waals surface area contributed by atoms with Crippen LogP contribution in [0, 0.1) is 0 Å². The summed E-state index contributed by atoms with van der Waals surface area (Å²) in [5.41, 5.74) is 7.89. The van der Waals surface area contributed by atoms with Crippen LogP contribution in [-0.2, 0) is 0 Å². The summed E-state index contributed by atoms with van der Waals surface area (Å²) < 4.78 is 1.59. The third-order valence-corrected chi connectivity index (χ3v) is 3.17. The van der Waals surface area contributed by atoms with Crippen molar-refractivity contribution < 1.29 is 0 Å². The van der Waals surface area contributed by atoms with Gasteiger partial charge in [-0.25, -0.2) is 4.98 Å². The zero-order valence-electron chi connectivity index (χ0n) is 9.66. The molecule has 0 fully saturated rings. The molecule has 2 N–H and O–H groups in total. The fourth-order valence-corrected chi connectivity index (χ4v) is 2.12. The molecule has 0 aliphatic carbocycles. The van der Waals surface area contributed by atoms with E-state index < -0.39 is 4.84 Å². The van der Waals surface area contributed by atoms with Gasteiger partial charge in [0.15, 0.2) is 11.5 Å². The summed E-state index contributed by atoms with van der Waals surface area (Å²) in [5, 5.41) is 4.12. The van der Waals surface area contributed by atoms with Crippen molar-refractivity contribution in [1.82, 2.24) is 19.6 Å². The molecular formula is C12H9Cl2N5. The maximum absolute atomic E-state index is 5.88. The minimum absolute atomic E-state index is 0.206. The molecule has 2 aromatic heterocycles. The van der Waals surface area contributed by atoms with Crippen molar-refractivity contribution in [3.05, 3.63) is 42.1 Å². The molecule has 0 saturated carbocycles. The Hall–Kier alpha value is -1.85. The van der Waals surface area contributed by atoms with Crippen molar-refractivity contribution in [1.29, 1.82) is 0 Å². The van der Waals surface area contributed by atoms with Gasteiger partial charge < -0.3 is 5.73 Å². The van der Waals surface area contributed by atoms with Gasteiger partial charge in [-0.05, 0) is 11.6 Å². The Morgan fingerprint density at radius 1 is 1.21 bits per heavy atom. The Morgan fingerprint density at radius 2 is 2.05 bits per heavy atom.